The number of hydrogen-bond acceptors (Lipinski definition) is 7. The highest BCUT2D eigenvalue weighted by molar-refractivity contribution is 7.98. The Balaban J connectivity index is 1.48. The third kappa shape index (κ3) is 6.36. The summed E-state index contributed by atoms with van der Waals surface area (Å²) in [5, 5.41) is 10.2. The maximum Gasteiger partial charge on any atom is 0.269 e. The van der Waals surface area contributed by atoms with Gasteiger partial charge in [-0.3, -0.25) is 10.1 Å². The smallest absolute Gasteiger partial charge is 0.269 e. The largest absolute Gasteiger partial charge is 0.296 e. The molecule has 0 spiro atoms. The van der Waals surface area contributed by atoms with E-state index in [9.17, 15) is 13.2 Å². The van der Waals surface area contributed by atoms with Crippen LogP contribution >= 0.6 is 23.1 Å². The van der Waals surface area contributed by atoms with E-state index in [1.807, 2.05) is 19.9 Å². The summed E-state index contributed by atoms with van der Waals surface area (Å²) in [6, 6.07) is 15.3. The molecule has 1 amide bonds. The summed E-state index contributed by atoms with van der Waals surface area (Å²) in [4.78, 5) is 12.3. The Bertz CT molecular complexity index is 1110. The molecule has 0 atom stereocenters. The summed E-state index contributed by atoms with van der Waals surface area (Å²) in [6.45, 7) is 4.21. The van der Waals surface area contributed by atoms with Gasteiger partial charge in [-0.25, -0.2) is 13.1 Å². The van der Waals surface area contributed by atoms with E-state index in [2.05, 4.69) is 44.5 Å². The van der Waals surface area contributed by atoms with E-state index < -0.39 is 10.0 Å². The van der Waals surface area contributed by atoms with Gasteiger partial charge in [-0.15, -0.1) is 10.2 Å². The van der Waals surface area contributed by atoms with Gasteiger partial charge < -0.3 is 0 Å². The lowest BCUT2D eigenvalue weighted by atomic mass is 10.1. The second-order valence-corrected chi connectivity index (χ2v) is 10.7. The average molecular weight is 463 g/mol. The number of hydrogen-bond donors (Lipinski definition) is 2. The first-order valence-electron chi connectivity index (χ1n) is 9.18. The predicted octanol–water partition coefficient (Wildman–Crippen LogP) is 3.62. The topological polar surface area (TPSA) is 101 Å². The zero-order chi connectivity index (χ0) is 21.6. The van der Waals surface area contributed by atoms with Crippen LogP contribution in [-0.4, -0.2) is 36.8 Å². The number of nitrogens with zero attached hydrogens (tertiary/aromatic N) is 2. The Morgan fingerprint density at radius 2 is 1.83 bits per heavy atom. The molecule has 158 valence electrons. The van der Waals surface area contributed by atoms with Crippen molar-refractivity contribution in [1.82, 2.24) is 14.9 Å². The van der Waals surface area contributed by atoms with E-state index in [1.54, 1.807) is 30.0 Å². The molecule has 0 fully saturated rings. The van der Waals surface area contributed by atoms with Gasteiger partial charge in [0.05, 0.1) is 0 Å². The van der Waals surface area contributed by atoms with Crippen LogP contribution in [0, 0.1) is 13.8 Å². The predicted molar refractivity (Wildman–Crippen MR) is 122 cm³/mol. The number of thioether (sulfide) groups is 1. The Labute approximate surface area is 184 Å². The Morgan fingerprint density at radius 1 is 1.07 bits per heavy atom. The Morgan fingerprint density at radius 3 is 2.57 bits per heavy atom. The van der Waals surface area contributed by atoms with Crippen LogP contribution in [0.5, 0.6) is 0 Å². The second kappa shape index (κ2) is 10.2. The molecule has 1 heterocycles. The van der Waals surface area contributed by atoms with E-state index in [1.165, 1.54) is 11.1 Å². The van der Waals surface area contributed by atoms with Gasteiger partial charge in [-0.05, 0) is 31.5 Å². The van der Waals surface area contributed by atoms with Crippen LogP contribution < -0.4 is 10.0 Å². The van der Waals surface area contributed by atoms with E-state index in [0.29, 0.717) is 11.3 Å². The number of aryl methyl sites for hydroxylation is 2. The van der Waals surface area contributed by atoms with E-state index >= 15 is 0 Å². The summed E-state index contributed by atoms with van der Waals surface area (Å²) >= 11 is 2.46. The zero-order valence-corrected chi connectivity index (χ0v) is 19.0. The molecular formula is C20H22N4O3S3. The number of sulfonamides is 1. The molecule has 0 aliphatic rings. The Kier molecular flexibility index (Phi) is 7.59. The summed E-state index contributed by atoms with van der Waals surface area (Å²) in [5.41, 5.74) is 3.83. The summed E-state index contributed by atoms with van der Waals surface area (Å²) in [5.74, 6) is 1.08. The van der Waals surface area contributed by atoms with Crippen LogP contribution in [0.15, 0.2) is 52.9 Å². The third-order valence-electron chi connectivity index (χ3n) is 4.06. The fourth-order valence-electron chi connectivity index (χ4n) is 2.51. The number of carbonyl (C=O) groups excluding carboxylic acids is 1. The van der Waals surface area contributed by atoms with Crippen LogP contribution in [0.4, 0.5) is 5.13 Å². The molecule has 0 saturated carbocycles. The maximum atomic E-state index is 12.4. The molecule has 3 aromatic rings. The van der Waals surface area contributed by atoms with Crippen molar-refractivity contribution in [3.05, 3.63) is 70.8 Å². The standard InChI is InChI=1S/C20H22N4O3S3/c1-14-6-8-16(9-7-14)13-28-11-10-21-30(26,27)20-24-23-19(29-20)22-18(25)17-5-3-4-15(2)12-17/h3-9,12,21H,10-11,13H2,1-2H3,(H,22,23,25). The van der Waals surface area contributed by atoms with Gasteiger partial charge in [-0.1, -0.05) is 58.9 Å². The molecule has 0 unspecified atom stereocenters. The fourth-order valence-corrected chi connectivity index (χ4v) is 5.42. The number of amides is 1. The van der Waals surface area contributed by atoms with Gasteiger partial charge in [0.15, 0.2) is 0 Å². The zero-order valence-electron chi connectivity index (χ0n) is 16.6. The summed E-state index contributed by atoms with van der Waals surface area (Å²) in [6.07, 6.45) is 0. The first-order chi connectivity index (χ1) is 14.3. The highest BCUT2D eigenvalue weighted by Crippen LogP contribution is 2.21. The maximum absolute atomic E-state index is 12.4. The lowest BCUT2D eigenvalue weighted by Gasteiger charge is -2.04. The molecule has 0 saturated heterocycles. The van der Waals surface area contributed by atoms with Crippen molar-refractivity contribution in [3.8, 4) is 0 Å². The second-order valence-electron chi connectivity index (χ2n) is 6.63. The van der Waals surface area contributed by atoms with Gasteiger partial charge >= 0.3 is 0 Å². The highest BCUT2D eigenvalue weighted by atomic mass is 32.2. The van der Waals surface area contributed by atoms with Crippen LogP contribution in [0.1, 0.15) is 27.0 Å². The number of aromatic nitrogens is 2. The van der Waals surface area contributed by atoms with E-state index in [-0.39, 0.29) is 21.9 Å². The number of rotatable bonds is 9. The fraction of sp³-hybridized carbons (Fsp3) is 0.250. The number of benzene rings is 2. The van der Waals surface area contributed by atoms with Gasteiger partial charge in [0.1, 0.15) is 0 Å². The molecule has 30 heavy (non-hydrogen) atoms. The van der Waals surface area contributed by atoms with Gasteiger partial charge in [0.25, 0.3) is 15.9 Å². The number of carbonyl (C=O) groups is 1. The van der Waals surface area contributed by atoms with Crippen molar-refractivity contribution >= 4 is 44.2 Å². The number of anilines is 1. The van der Waals surface area contributed by atoms with E-state index in [4.69, 9.17) is 0 Å². The van der Waals surface area contributed by atoms with Gasteiger partial charge in [0, 0.05) is 23.6 Å². The molecule has 1 aromatic heterocycles. The first kappa shape index (κ1) is 22.4. The van der Waals surface area contributed by atoms with Crippen molar-refractivity contribution in [2.45, 2.75) is 23.9 Å². The lowest BCUT2D eigenvalue weighted by molar-refractivity contribution is 0.102. The minimum absolute atomic E-state index is 0.135. The molecule has 2 aromatic carbocycles. The molecule has 0 radical (unpaired) electrons. The lowest BCUT2D eigenvalue weighted by Crippen LogP contribution is -2.26. The first-order valence-corrected chi connectivity index (χ1v) is 12.6. The molecule has 0 aliphatic carbocycles. The molecule has 3 rings (SSSR count). The van der Waals surface area contributed by atoms with Crippen LogP contribution in [0.25, 0.3) is 0 Å². The average Bonchev–Trinajstić information content (AvgIpc) is 3.18. The number of nitrogens with one attached hydrogen (secondary N) is 2. The summed E-state index contributed by atoms with van der Waals surface area (Å²) in [7, 11) is -3.77. The minimum Gasteiger partial charge on any atom is -0.296 e. The van der Waals surface area contributed by atoms with Crippen LogP contribution in [-0.2, 0) is 15.8 Å². The molecule has 0 aliphatic heterocycles. The summed E-state index contributed by atoms with van der Waals surface area (Å²) < 4.78 is 27.1. The van der Waals surface area contributed by atoms with Crippen molar-refractivity contribution in [2.24, 2.45) is 0 Å². The van der Waals surface area contributed by atoms with Crippen molar-refractivity contribution < 1.29 is 13.2 Å². The molecular weight excluding hydrogens is 440 g/mol. The highest BCUT2D eigenvalue weighted by Gasteiger charge is 2.20. The SMILES string of the molecule is Cc1ccc(CSCCNS(=O)(=O)c2nnc(NC(=O)c3cccc(C)c3)s2)cc1. The quantitative estimate of drug-likeness (QED) is 0.372. The van der Waals surface area contributed by atoms with Crippen molar-refractivity contribution in [2.75, 3.05) is 17.6 Å². The Hall–Kier alpha value is -2.27. The molecule has 2 N–H and O–H groups in total. The van der Waals surface area contributed by atoms with Crippen LogP contribution in [0.3, 0.4) is 0 Å². The molecule has 10 heteroatoms. The van der Waals surface area contributed by atoms with Crippen molar-refractivity contribution in [1.29, 1.82) is 0 Å². The van der Waals surface area contributed by atoms with E-state index in [0.717, 1.165) is 22.7 Å². The van der Waals surface area contributed by atoms with Crippen LogP contribution in [0.2, 0.25) is 0 Å². The van der Waals surface area contributed by atoms with Gasteiger partial charge in [0.2, 0.25) is 9.47 Å². The normalized spacial score (nSPS) is 11.4. The monoisotopic (exact) mass is 462 g/mol. The molecule has 0 bridgehead atoms. The molecule has 7 nitrogen and oxygen atoms in total. The van der Waals surface area contributed by atoms with Crippen molar-refractivity contribution in [3.63, 3.8) is 0 Å². The third-order valence-corrected chi connectivity index (χ3v) is 7.76. The van der Waals surface area contributed by atoms with Gasteiger partial charge in [-0.2, -0.15) is 11.8 Å². The minimum atomic E-state index is -3.77.